The van der Waals surface area contributed by atoms with Crippen molar-refractivity contribution in [3.8, 4) is 0 Å². The Balaban J connectivity index is 1.73. The number of hydrogen-bond acceptors (Lipinski definition) is 6. The van der Waals surface area contributed by atoms with Gasteiger partial charge in [-0.2, -0.15) is 0 Å². The fourth-order valence-corrected chi connectivity index (χ4v) is 6.51. The zero-order valence-corrected chi connectivity index (χ0v) is 19.0. The predicted octanol–water partition coefficient (Wildman–Crippen LogP) is 3.64. The van der Waals surface area contributed by atoms with Crippen molar-refractivity contribution in [2.75, 3.05) is 11.4 Å². The van der Waals surface area contributed by atoms with Crippen LogP contribution in [0.5, 0.6) is 0 Å². The Kier molecular flexibility index (Phi) is 4.95. The Hall–Kier alpha value is -3.36. The van der Waals surface area contributed by atoms with Gasteiger partial charge in [0.15, 0.2) is 0 Å². The van der Waals surface area contributed by atoms with Gasteiger partial charge in [-0.05, 0) is 49.8 Å². The largest absolute Gasteiger partial charge is 0.469 e. The normalized spacial score (nSPS) is 24.1. The van der Waals surface area contributed by atoms with E-state index >= 15 is 0 Å². The van der Waals surface area contributed by atoms with Crippen LogP contribution in [-0.4, -0.2) is 32.6 Å². The highest BCUT2D eigenvalue weighted by Crippen LogP contribution is 2.55. The molecule has 0 fully saturated rings. The van der Waals surface area contributed by atoms with Gasteiger partial charge in [-0.25, -0.2) is 13.2 Å². The van der Waals surface area contributed by atoms with E-state index in [0.717, 1.165) is 5.56 Å². The van der Waals surface area contributed by atoms with Gasteiger partial charge in [-0.3, -0.25) is 4.31 Å². The van der Waals surface area contributed by atoms with Crippen molar-refractivity contribution in [3.05, 3.63) is 95.5 Å². The average Bonchev–Trinajstić information content (AvgIpc) is 3.43. The molecule has 0 bridgehead atoms. The lowest BCUT2D eigenvalue weighted by molar-refractivity contribution is -0.137. The maximum Gasteiger partial charge on any atom is 0.334 e. The molecule has 2 heterocycles. The Labute approximate surface area is 192 Å². The van der Waals surface area contributed by atoms with Gasteiger partial charge in [0.05, 0.1) is 35.9 Å². The number of esters is 1. The van der Waals surface area contributed by atoms with E-state index in [9.17, 15) is 18.3 Å². The molecule has 7 nitrogen and oxygen atoms in total. The molecule has 0 saturated carbocycles. The number of fused-ring (bicyclic) bond motifs is 3. The van der Waals surface area contributed by atoms with Gasteiger partial charge in [-0.15, -0.1) is 0 Å². The van der Waals surface area contributed by atoms with Crippen LogP contribution in [0.15, 0.2) is 87.9 Å². The molecule has 5 rings (SSSR count). The molecule has 0 radical (unpaired) electrons. The van der Waals surface area contributed by atoms with Crippen LogP contribution in [-0.2, 0) is 25.2 Å². The van der Waals surface area contributed by atoms with Crippen LogP contribution in [0.2, 0.25) is 0 Å². The molecule has 8 heteroatoms. The molecule has 1 N–H and O–H groups in total. The fourth-order valence-electron chi connectivity index (χ4n) is 4.85. The van der Waals surface area contributed by atoms with Crippen molar-refractivity contribution >= 4 is 21.7 Å². The fraction of sp³-hybridized carbons (Fsp3) is 0.240. The summed E-state index contributed by atoms with van der Waals surface area (Å²) >= 11 is 0. The van der Waals surface area contributed by atoms with Crippen molar-refractivity contribution in [2.24, 2.45) is 0 Å². The lowest BCUT2D eigenvalue weighted by Crippen LogP contribution is -2.50. The smallest absolute Gasteiger partial charge is 0.334 e. The summed E-state index contributed by atoms with van der Waals surface area (Å²) in [4.78, 5) is 12.8. The van der Waals surface area contributed by atoms with Gasteiger partial charge >= 0.3 is 5.97 Å². The SMILES string of the molecule is COC(=O)C1=C[C@H]2N(S(=O)(=O)c3ccc(C)cc3)c3ccccc3[C@@]2(O)C[C@H]1c1ccco1. The number of aryl methyl sites for hydroxylation is 1. The van der Waals surface area contributed by atoms with Crippen LogP contribution in [0, 0.1) is 6.92 Å². The quantitative estimate of drug-likeness (QED) is 0.591. The van der Waals surface area contributed by atoms with Gasteiger partial charge in [0, 0.05) is 11.1 Å². The standard InChI is InChI=1S/C25H23NO6S/c1-16-9-11-17(12-10-16)33(29,30)26-21-7-4-3-6-20(21)25(28)15-19(22-8-5-13-32-22)18(14-23(25)26)24(27)31-2/h3-14,19,23,28H,15H2,1-2H3/t19-,23-,25+/m1/s1. The predicted molar refractivity (Wildman–Crippen MR) is 121 cm³/mol. The number of carbonyl (C=O) groups is 1. The number of sulfonamides is 1. The van der Waals surface area contributed by atoms with Crippen molar-refractivity contribution in [2.45, 2.75) is 35.8 Å². The zero-order chi connectivity index (χ0) is 23.4. The monoisotopic (exact) mass is 465 g/mol. The van der Waals surface area contributed by atoms with Crippen LogP contribution in [0.4, 0.5) is 5.69 Å². The minimum absolute atomic E-state index is 0.0586. The maximum absolute atomic E-state index is 13.8. The minimum Gasteiger partial charge on any atom is -0.469 e. The third-order valence-electron chi connectivity index (χ3n) is 6.46. The second-order valence-electron chi connectivity index (χ2n) is 8.39. The van der Waals surface area contributed by atoms with E-state index in [1.807, 2.05) is 6.92 Å². The summed E-state index contributed by atoms with van der Waals surface area (Å²) in [6.07, 6.45) is 3.06. The highest BCUT2D eigenvalue weighted by Gasteiger charge is 2.57. The summed E-state index contributed by atoms with van der Waals surface area (Å²) in [5, 5.41) is 12.0. The van der Waals surface area contributed by atoms with E-state index in [1.54, 1.807) is 60.7 Å². The molecule has 0 amide bonds. The number of rotatable bonds is 4. The average molecular weight is 466 g/mol. The number of carbonyl (C=O) groups excluding carboxylic acids is 1. The van der Waals surface area contributed by atoms with Gasteiger partial charge in [0.1, 0.15) is 11.4 Å². The molecule has 33 heavy (non-hydrogen) atoms. The van der Waals surface area contributed by atoms with Crippen molar-refractivity contribution in [3.63, 3.8) is 0 Å². The van der Waals surface area contributed by atoms with Crippen LogP contribution in [0.1, 0.15) is 29.2 Å². The van der Waals surface area contributed by atoms with Crippen LogP contribution >= 0.6 is 0 Å². The molecular weight excluding hydrogens is 442 g/mol. The summed E-state index contributed by atoms with van der Waals surface area (Å²) in [6, 6.07) is 15.8. The van der Waals surface area contributed by atoms with Gasteiger partial charge in [0.25, 0.3) is 10.0 Å². The Morgan fingerprint density at radius 1 is 1.12 bits per heavy atom. The number of hydrogen-bond donors (Lipinski definition) is 1. The third-order valence-corrected chi connectivity index (χ3v) is 8.27. The molecule has 1 aromatic heterocycles. The van der Waals surface area contributed by atoms with Crippen molar-refractivity contribution < 1.29 is 27.5 Å². The Morgan fingerprint density at radius 3 is 2.52 bits per heavy atom. The van der Waals surface area contributed by atoms with Crippen molar-refractivity contribution in [1.29, 1.82) is 0 Å². The van der Waals surface area contributed by atoms with Gasteiger partial charge < -0.3 is 14.3 Å². The molecule has 170 valence electrons. The summed E-state index contributed by atoms with van der Waals surface area (Å²) in [5.74, 6) is -0.693. The third kappa shape index (κ3) is 3.20. The molecule has 3 aromatic rings. The lowest BCUT2D eigenvalue weighted by atomic mass is 9.72. The van der Waals surface area contributed by atoms with Gasteiger partial charge in [-0.1, -0.05) is 35.9 Å². The molecule has 0 saturated heterocycles. The molecule has 1 aliphatic heterocycles. The van der Waals surface area contributed by atoms with E-state index in [2.05, 4.69) is 0 Å². The maximum atomic E-state index is 13.8. The zero-order valence-electron chi connectivity index (χ0n) is 18.1. The first-order valence-corrected chi connectivity index (χ1v) is 12.0. The molecular formula is C25H23NO6S. The first kappa shape index (κ1) is 21.5. The van der Waals surface area contributed by atoms with E-state index in [4.69, 9.17) is 9.15 Å². The van der Waals surface area contributed by atoms with Crippen LogP contribution < -0.4 is 4.31 Å². The Morgan fingerprint density at radius 2 is 1.85 bits per heavy atom. The topological polar surface area (TPSA) is 97.0 Å². The van der Waals surface area contributed by atoms with E-state index in [-0.39, 0.29) is 16.9 Å². The number of nitrogens with zero attached hydrogens (tertiary/aromatic N) is 1. The second kappa shape index (κ2) is 7.60. The molecule has 3 atom stereocenters. The van der Waals surface area contributed by atoms with E-state index < -0.39 is 33.6 Å². The number of furan rings is 1. The molecule has 1 aliphatic carbocycles. The van der Waals surface area contributed by atoms with E-state index in [0.29, 0.717) is 17.0 Å². The second-order valence-corrected chi connectivity index (χ2v) is 10.2. The summed E-state index contributed by atoms with van der Waals surface area (Å²) in [5.41, 5.74) is 0.482. The first-order valence-electron chi connectivity index (χ1n) is 10.5. The molecule has 0 spiro atoms. The molecule has 2 aromatic carbocycles. The van der Waals surface area contributed by atoms with E-state index in [1.165, 1.54) is 23.8 Å². The number of benzene rings is 2. The Bertz CT molecular complexity index is 1340. The summed E-state index contributed by atoms with van der Waals surface area (Å²) in [7, 11) is -2.78. The van der Waals surface area contributed by atoms with Crippen molar-refractivity contribution in [1.82, 2.24) is 0 Å². The number of aliphatic hydroxyl groups is 1. The van der Waals surface area contributed by atoms with Gasteiger partial charge in [0.2, 0.25) is 0 Å². The highest BCUT2D eigenvalue weighted by atomic mass is 32.2. The first-order chi connectivity index (χ1) is 15.8. The number of anilines is 1. The number of methoxy groups -OCH3 is 1. The number of ether oxygens (including phenoxy) is 1. The molecule has 2 aliphatic rings. The minimum atomic E-state index is -4.05. The molecule has 0 unspecified atom stereocenters. The highest BCUT2D eigenvalue weighted by molar-refractivity contribution is 7.93. The summed E-state index contributed by atoms with van der Waals surface area (Å²) < 4.78 is 39.4. The van der Waals surface area contributed by atoms with Crippen LogP contribution in [0.25, 0.3) is 0 Å². The van der Waals surface area contributed by atoms with Crippen LogP contribution in [0.3, 0.4) is 0 Å². The lowest BCUT2D eigenvalue weighted by Gasteiger charge is -2.39. The number of para-hydroxylation sites is 1. The summed E-state index contributed by atoms with van der Waals surface area (Å²) in [6.45, 7) is 1.88.